The van der Waals surface area contributed by atoms with Crippen molar-refractivity contribution in [2.75, 3.05) is 0 Å². The van der Waals surface area contributed by atoms with Crippen LogP contribution in [-0.2, 0) is 17.6 Å². The molecule has 0 fully saturated rings. The van der Waals surface area contributed by atoms with Crippen molar-refractivity contribution in [1.29, 1.82) is 0 Å². The van der Waals surface area contributed by atoms with Crippen molar-refractivity contribution in [3.05, 3.63) is 34.9 Å². The van der Waals surface area contributed by atoms with Gasteiger partial charge in [0.1, 0.15) is 0 Å². The Hall–Kier alpha value is -1.31. The molecule has 1 aromatic rings. The molecule has 1 aliphatic rings. The van der Waals surface area contributed by atoms with E-state index >= 15 is 0 Å². The van der Waals surface area contributed by atoms with Crippen molar-refractivity contribution >= 4 is 5.91 Å². The van der Waals surface area contributed by atoms with Gasteiger partial charge in [-0.15, -0.1) is 0 Å². The Balaban J connectivity index is 2.27. The molecule has 0 heterocycles. The van der Waals surface area contributed by atoms with Crippen LogP contribution >= 0.6 is 0 Å². The number of primary amides is 1. The van der Waals surface area contributed by atoms with Gasteiger partial charge in [-0.2, -0.15) is 0 Å². The summed E-state index contributed by atoms with van der Waals surface area (Å²) in [5.74, 6) is 0.500. The molecule has 0 aromatic heterocycles. The first-order chi connectivity index (χ1) is 8.58. The van der Waals surface area contributed by atoms with Crippen LogP contribution in [0.1, 0.15) is 55.7 Å². The van der Waals surface area contributed by atoms with Crippen molar-refractivity contribution in [3.63, 3.8) is 0 Å². The van der Waals surface area contributed by atoms with Gasteiger partial charge in [0.2, 0.25) is 5.91 Å². The van der Waals surface area contributed by atoms with Crippen LogP contribution in [0.25, 0.3) is 0 Å². The van der Waals surface area contributed by atoms with Crippen LogP contribution in [0.15, 0.2) is 18.2 Å². The van der Waals surface area contributed by atoms with Crippen LogP contribution in [-0.4, -0.2) is 5.91 Å². The Labute approximate surface area is 110 Å². The molecule has 2 rings (SSSR count). The smallest absolute Gasteiger partial charge is 0.218 e. The summed E-state index contributed by atoms with van der Waals surface area (Å²) in [5, 5.41) is 0. The van der Waals surface area contributed by atoms with Crippen molar-refractivity contribution in [3.8, 4) is 0 Å². The monoisotopic (exact) mass is 245 g/mol. The number of rotatable bonds is 4. The molecule has 1 aliphatic carbocycles. The number of carbonyl (C=O) groups excluding carboxylic acids is 1. The molecule has 98 valence electrons. The number of carbonyl (C=O) groups is 1. The molecule has 2 N–H and O–H groups in total. The fourth-order valence-electron chi connectivity index (χ4n) is 2.94. The molecule has 1 amide bonds. The van der Waals surface area contributed by atoms with Gasteiger partial charge in [-0.05, 0) is 54.2 Å². The first-order valence-corrected chi connectivity index (χ1v) is 6.98. The highest BCUT2D eigenvalue weighted by Crippen LogP contribution is 2.31. The molecule has 1 aromatic carbocycles. The molecule has 2 nitrogen and oxygen atoms in total. The molecular formula is C16H23NO. The topological polar surface area (TPSA) is 43.1 Å². The second kappa shape index (κ2) is 5.55. The quantitative estimate of drug-likeness (QED) is 0.869. The summed E-state index contributed by atoms with van der Waals surface area (Å²) in [7, 11) is 0. The molecule has 0 spiro atoms. The Morgan fingerprint density at radius 3 is 2.50 bits per heavy atom. The van der Waals surface area contributed by atoms with Crippen LogP contribution in [0.5, 0.6) is 0 Å². The molecule has 0 saturated heterocycles. The summed E-state index contributed by atoms with van der Waals surface area (Å²) < 4.78 is 0. The van der Waals surface area contributed by atoms with E-state index in [1.165, 1.54) is 42.4 Å². The standard InChI is InChI=1S/C16H23NO/c1-11(2)15(10-16(17)18)14-8-7-12-5-3-4-6-13(12)9-14/h7-9,11,15H,3-6,10H2,1-2H3,(H2,17,18). The second-order valence-corrected chi connectivity index (χ2v) is 5.76. The number of benzene rings is 1. The third-order valence-electron chi connectivity index (χ3n) is 4.03. The Morgan fingerprint density at radius 2 is 1.89 bits per heavy atom. The summed E-state index contributed by atoms with van der Waals surface area (Å²) in [4.78, 5) is 11.2. The maximum atomic E-state index is 11.2. The summed E-state index contributed by atoms with van der Waals surface area (Å²) in [5.41, 5.74) is 9.62. The van der Waals surface area contributed by atoms with Gasteiger partial charge >= 0.3 is 0 Å². The fraction of sp³-hybridized carbons (Fsp3) is 0.562. The minimum atomic E-state index is -0.202. The van der Waals surface area contributed by atoms with E-state index in [-0.39, 0.29) is 11.8 Å². The summed E-state index contributed by atoms with van der Waals surface area (Å²) >= 11 is 0. The minimum Gasteiger partial charge on any atom is -0.370 e. The molecule has 0 radical (unpaired) electrons. The predicted octanol–water partition coefficient (Wildman–Crippen LogP) is 3.18. The van der Waals surface area contributed by atoms with Gasteiger partial charge in [0.15, 0.2) is 0 Å². The van der Waals surface area contributed by atoms with E-state index in [0.717, 1.165) is 0 Å². The average Bonchev–Trinajstić information content (AvgIpc) is 2.35. The van der Waals surface area contributed by atoms with E-state index in [4.69, 9.17) is 5.73 Å². The van der Waals surface area contributed by atoms with Crippen LogP contribution < -0.4 is 5.73 Å². The van der Waals surface area contributed by atoms with Gasteiger partial charge in [-0.25, -0.2) is 0 Å². The first-order valence-electron chi connectivity index (χ1n) is 6.98. The van der Waals surface area contributed by atoms with E-state index in [0.29, 0.717) is 12.3 Å². The van der Waals surface area contributed by atoms with Gasteiger partial charge in [-0.1, -0.05) is 32.0 Å². The molecular weight excluding hydrogens is 222 g/mol. The fourth-order valence-corrected chi connectivity index (χ4v) is 2.94. The number of hydrogen-bond donors (Lipinski definition) is 1. The van der Waals surface area contributed by atoms with E-state index < -0.39 is 0 Å². The maximum Gasteiger partial charge on any atom is 0.218 e. The van der Waals surface area contributed by atoms with Gasteiger partial charge in [0.05, 0.1) is 0 Å². The van der Waals surface area contributed by atoms with Crippen LogP contribution in [0.2, 0.25) is 0 Å². The number of nitrogens with two attached hydrogens (primary N) is 1. The summed E-state index contributed by atoms with van der Waals surface area (Å²) in [6.45, 7) is 4.32. The highest BCUT2D eigenvalue weighted by atomic mass is 16.1. The zero-order valence-electron chi connectivity index (χ0n) is 11.4. The van der Waals surface area contributed by atoms with Crippen molar-refractivity contribution < 1.29 is 4.79 Å². The van der Waals surface area contributed by atoms with Gasteiger partial charge in [0.25, 0.3) is 0 Å². The second-order valence-electron chi connectivity index (χ2n) is 5.76. The third kappa shape index (κ3) is 2.92. The van der Waals surface area contributed by atoms with E-state index in [1.807, 2.05) is 0 Å². The maximum absolute atomic E-state index is 11.2. The largest absolute Gasteiger partial charge is 0.370 e. The van der Waals surface area contributed by atoms with Crippen molar-refractivity contribution in [2.45, 2.75) is 51.9 Å². The Kier molecular flexibility index (Phi) is 4.05. The molecule has 0 aliphatic heterocycles. The SMILES string of the molecule is CC(C)C(CC(N)=O)c1ccc2c(c1)CCCC2. The normalized spacial score (nSPS) is 16.4. The lowest BCUT2D eigenvalue weighted by Crippen LogP contribution is -2.19. The number of aryl methyl sites for hydroxylation is 2. The van der Waals surface area contributed by atoms with E-state index in [9.17, 15) is 4.79 Å². The third-order valence-corrected chi connectivity index (χ3v) is 4.03. The zero-order chi connectivity index (χ0) is 13.1. The summed E-state index contributed by atoms with van der Waals surface area (Å²) in [6.07, 6.45) is 5.44. The average molecular weight is 245 g/mol. The summed E-state index contributed by atoms with van der Waals surface area (Å²) in [6, 6.07) is 6.75. The molecule has 18 heavy (non-hydrogen) atoms. The molecule has 0 bridgehead atoms. The predicted molar refractivity (Wildman–Crippen MR) is 74.5 cm³/mol. The molecule has 0 saturated carbocycles. The van der Waals surface area contributed by atoms with Crippen LogP contribution in [0, 0.1) is 5.92 Å². The highest BCUT2D eigenvalue weighted by Gasteiger charge is 2.20. The lowest BCUT2D eigenvalue weighted by Gasteiger charge is -2.23. The number of amides is 1. The zero-order valence-corrected chi connectivity index (χ0v) is 11.4. The number of fused-ring (bicyclic) bond motifs is 1. The molecule has 1 unspecified atom stereocenters. The highest BCUT2D eigenvalue weighted by molar-refractivity contribution is 5.74. The number of hydrogen-bond acceptors (Lipinski definition) is 1. The van der Waals surface area contributed by atoms with Crippen molar-refractivity contribution in [1.82, 2.24) is 0 Å². The van der Waals surface area contributed by atoms with E-state index in [1.54, 1.807) is 0 Å². The van der Waals surface area contributed by atoms with Crippen molar-refractivity contribution in [2.24, 2.45) is 11.7 Å². The van der Waals surface area contributed by atoms with Gasteiger partial charge in [0, 0.05) is 6.42 Å². The minimum absolute atomic E-state index is 0.202. The van der Waals surface area contributed by atoms with E-state index in [2.05, 4.69) is 32.0 Å². The van der Waals surface area contributed by atoms with Crippen LogP contribution in [0.4, 0.5) is 0 Å². The Bertz CT molecular complexity index is 437. The molecule has 1 atom stereocenters. The lowest BCUT2D eigenvalue weighted by atomic mass is 9.82. The van der Waals surface area contributed by atoms with Gasteiger partial charge < -0.3 is 5.73 Å². The van der Waals surface area contributed by atoms with Gasteiger partial charge in [-0.3, -0.25) is 4.79 Å². The Morgan fingerprint density at radius 1 is 1.22 bits per heavy atom. The van der Waals surface area contributed by atoms with Crippen LogP contribution in [0.3, 0.4) is 0 Å². The lowest BCUT2D eigenvalue weighted by molar-refractivity contribution is -0.118. The molecule has 2 heteroatoms. The first kappa shape index (κ1) is 13.1.